The number of hydrogen-bond donors (Lipinski definition) is 1. The van der Waals surface area contributed by atoms with E-state index in [4.69, 9.17) is 4.84 Å². The van der Waals surface area contributed by atoms with E-state index < -0.39 is 22.8 Å². The van der Waals surface area contributed by atoms with Crippen LogP contribution in [0.3, 0.4) is 0 Å². The highest BCUT2D eigenvalue weighted by molar-refractivity contribution is 5.98. The quantitative estimate of drug-likeness (QED) is 0.656. The fourth-order valence-electron chi connectivity index (χ4n) is 1.88. The molecule has 0 unspecified atom stereocenters. The van der Waals surface area contributed by atoms with Gasteiger partial charge in [-0.1, -0.05) is 13.3 Å². The van der Waals surface area contributed by atoms with Gasteiger partial charge in [-0.3, -0.25) is 4.79 Å². The van der Waals surface area contributed by atoms with Gasteiger partial charge in [0.15, 0.2) is 11.2 Å². The Hall–Kier alpha value is -2.57. The van der Waals surface area contributed by atoms with Gasteiger partial charge in [0.2, 0.25) is 0 Å². The van der Waals surface area contributed by atoms with Crippen LogP contribution in [0, 0.1) is 0 Å². The van der Waals surface area contributed by atoms with Crippen LogP contribution >= 0.6 is 0 Å². The van der Waals surface area contributed by atoms with Crippen molar-refractivity contribution >= 4 is 17.0 Å². The van der Waals surface area contributed by atoms with Gasteiger partial charge >= 0.3 is 11.5 Å². The molecule has 0 bridgehead atoms. The number of aromatic hydroxyl groups is 1. The number of fused-ring (bicyclic) bond motifs is 1. The van der Waals surface area contributed by atoms with Crippen LogP contribution in [0.4, 0.5) is 0 Å². The van der Waals surface area contributed by atoms with Crippen LogP contribution < -0.4 is 10.4 Å². The number of carbonyl (C=O) groups is 1. The summed E-state index contributed by atoms with van der Waals surface area (Å²) in [5.74, 6) is -1.37. The fourth-order valence-corrected chi connectivity index (χ4v) is 1.88. The molecule has 0 aliphatic rings. The molecule has 0 aromatic carbocycles. The normalized spacial score (nSPS) is 10.6. The third-order valence-corrected chi connectivity index (χ3v) is 2.98. The number of unbranched alkanes of at least 4 members (excludes halogenated alkanes) is 1. The van der Waals surface area contributed by atoms with Crippen molar-refractivity contribution in [2.24, 2.45) is 0 Å². The Labute approximate surface area is 120 Å². The van der Waals surface area contributed by atoms with Crippen LogP contribution in [0.1, 0.15) is 30.1 Å². The highest BCUT2D eigenvalue weighted by Gasteiger charge is 2.24. The Morgan fingerprint density at radius 2 is 2.24 bits per heavy atom. The van der Waals surface area contributed by atoms with E-state index in [0.717, 1.165) is 24.7 Å². The van der Waals surface area contributed by atoms with Crippen molar-refractivity contribution < 1.29 is 19.5 Å². The summed E-state index contributed by atoms with van der Waals surface area (Å²) in [6.07, 6.45) is 3.11. The van der Waals surface area contributed by atoms with Gasteiger partial charge in [-0.05, 0) is 18.6 Å². The summed E-state index contributed by atoms with van der Waals surface area (Å²) < 4.78 is 5.47. The molecule has 0 saturated carbocycles. The molecule has 0 fully saturated rings. The standard InChI is InChI=1S/C14H16N2O5/c1-3-4-8-21-16-12-9(6-5-7-15-12)11(17)10(13(16)18)14(19)20-2/h5-7,17H,3-4,8H2,1-2H3. The molecule has 0 atom stereocenters. The molecular formula is C14H16N2O5. The van der Waals surface area contributed by atoms with E-state index in [1.54, 1.807) is 12.1 Å². The second-order valence-electron chi connectivity index (χ2n) is 4.38. The number of pyridine rings is 2. The zero-order chi connectivity index (χ0) is 15.4. The van der Waals surface area contributed by atoms with Crippen molar-refractivity contribution in [3.63, 3.8) is 0 Å². The summed E-state index contributed by atoms with van der Waals surface area (Å²) in [6, 6.07) is 3.13. The molecule has 0 aliphatic carbocycles. The maximum absolute atomic E-state index is 12.3. The average Bonchev–Trinajstić information content (AvgIpc) is 2.50. The zero-order valence-corrected chi connectivity index (χ0v) is 11.8. The van der Waals surface area contributed by atoms with E-state index in [2.05, 4.69) is 9.72 Å². The molecule has 0 saturated heterocycles. The number of carbonyl (C=O) groups excluding carboxylic acids is 1. The average molecular weight is 292 g/mol. The number of esters is 1. The summed E-state index contributed by atoms with van der Waals surface area (Å²) in [5, 5.41) is 10.4. The van der Waals surface area contributed by atoms with Crippen molar-refractivity contribution in [3.05, 3.63) is 34.2 Å². The third-order valence-electron chi connectivity index (χ3n) is 2.98. The zero-order valence-electron chi connectivity index (χ0n) is 11.8. The van der Waals surface area contributed by atoms with Crippen molar-refractivity contribution in [1.82, 2.24) is 9.71 Å². The Bertz CT molecular complexity index is 723. The second kappa shape index (κ2) is 6.25. The summed E-state index contributed by atoms with van der Waals surface area (Å²) in [6.45, 7) is 2.28. The number of rotatable bonds is 5. The van der Waals surface area contributed by atoms with Gasteiger partial charge in [-0.15, -0.1) is 4.73 Å². The molecule has 2 heterocycles. The molecule has 7 nitrogen and oxygen atoms in total. The summed E-state index contributed by atoms with van der Waals surface area (Å²) in [4.78, 5) is 33.5. The first kappa shape index (κ1) is 14.8. The minimum atomic E-state index is -0.920. The van der Waals surface area contributed by atoms with Crippen molar-refractivity contribution in [2.45, 2.75) is 19.8 Å². The molecular weight excluding hydrogens is 276 g/mol. The Kier molecular flexibility index (Phi) is 4.42. The number of ether oxygens (including phenoxy) is 1. The molecule has 2 aromatic heterocycles. The van der Waals surface area contributed by atoms with Gasteiger partial charge in [-0.2, -0.15) is 0 Å². The Balaban J connectivity index is 2.69. The van der Waals surface area contributed by atoms with Crippen molar-refractivity contribution in [1.29, 1.82) is 0 Å². The number of hydrogen-bond acceptors (Lipinski definition) is 6. The first-order chi connectivity index (χ1) is 10.1. The molecule has 21 heavy (non-hydrogen) atoms. The Morgan fingerprint density at radius 1 is 1.48 bits per heavy atom. The lowest BCUT2D eigenvalue weighted by molar-refractivity contribution is 0.0583. The lowest BCUT2D eigenvalue weighted by Crippen LogP contribution is -2.33. The molecule has 0 aliphatic heterocycles. The summed E-state index contributed by atoms with van der Waals surface area (Å²) in [5.41, 5.74) is -1.10. The second-order valence-corrected chi connectivity index (χ2v) is 4.38. The first-order valence-corrected chi connectivity index (χ1v) is 6.56. The molecule has 0 spiro atoms. The van der Waals surface area contributed by atoms with E-state index in [9.17, 15) is 14.7 Å². The predicted octanol–water partition coefficient (Wildman–Crippen LogP) is 1.12. The maximum atomic E-state index is 12.3. The van der Waals surface area contributed by atoms with E-state index in [-0.39, 0.29) is 11.0 Å². The highest BCUT2D eigenvalue weighted by atomic mass is 16.7. The number of aromatic nitrogens is 2. The maximum Gasteiger partial charge on any atom is 0.347 e. The highest BCUT2D eigenvalue weighted by Crippen LogP contribution is 2.24. The van der Waals surface area contributed by atoms with E-state index in [0.29, 0.717) is 6.61 Å². The lowest BCUT2D eigenvalue weighted by atomic mass is 10.2. The van der Waals surface area contributed by atoms with E-state index in [1.807, 2.05) is 6.92 Å². The minimum Gasteiger partial charge on any atom is -0.506 e. The van der Waals surface area contributed by atoms with Crippen molar-refractivity contribution in [3.8, 4) is 5.75 Å². The van der Waals surface area contributed by atoms with Crippen molar-refractivity contribution in [2.75, 3.05) is 13.7 Å². The lowest BCUT2D eigenvalue weighted by Gasteiger charge is -2.13. The van der Waals surface area contributed by atoms with Gasteiger partial charge in [0.05, 0.1) is 12.5 Å². The Morgan fingerprint density at radius 3 is 2.90 bits per heavy atom. The number of methoxy groups -OCH3 is 1. The van der Waals surface area contributed by atoms with Gasteiger partial charge in [0.1, 0.15) is 12.4 Å². The smallest absolute Gasteiger partial charge is 0.347 e. The minimum absolute atomic E-state index is 0.156. The molecule has 7 heteroatoms. The molecule has 2 rings (SSSR count). The van der Waals surface area contributed by atoms with Crippen LogP contribution in [0.15, 0.2) is 23.1 Å². The predicted molar refractivity (Wildman–Crippen MR) is 75.4 cm³/mol. The topological polar surface area (TPSA) is 90.7 Å². The fraction of sp³-hybridized carbons (Fsp3) is 0.357. The van der Waals surface area contributed by atoms with Gasteiger partial charge < -0.3 is 14.7 Å². The van der Waals surface area contributed by atoms with Crippen LogP contribution in [-0.4, -0.2) is 34.5 Å². The van der Waals surface area contributed by atoms with Crippen LogP contribution in [0.2, 0.25) is 0 Å². The van der Waals surface area contributed by atoms with Gasteiger partial charge in [0, 0.05) is 6.20 Å². The van der Waals surface area contributed by atoms with Gasteiger partial charge in [0.25, 0.3) is 0 Å². The van der Waals surface area contributed by atoms with E-state index in [1.165, 1.54) is 6.20 Å². The van der Waals surface area contributed by atoms with Crippen LogP contribution in [-0.2, 0) is 4.74 Å². The molecule has 112 valence electrons. The molecule has 0 amide bonds. The number of nitrogens with zero attached hydrogens (tertiary/aromatic N) is 2. The third kappa shape index (κ3) is 2.67. The molecule has 0 radical (unpaired) electrons. The monoisotopic (exact) mass is 292 g/mol. The van der Waals surface area contributed by atoms with Crippen LogP contribution in [0.5, 0.6) is 5.75 Å². The first-order valence-electron chi connectivity index (χ1n) is 6.56. The largest absolute Gasteiger partial charge is 0.506 e. The summed E-state index contributed by atoms with van der Waals surface area (Å²) in [7, 11) is 1.14. The van der Waals surface area contributed by atoms with Crippen LogP contribution in [0.25, 0.3) is 11.0 Å². The SMILES string of the molecule is CCCCOn1c(=O)c(C(=O)OC)c(O)c2cccnc21. The van der Waals surface area contributed by atoms with Gasteiger partial charge in [-0.25, -0.2) is 9.78 Å². The molecule has 1 N–H and O–H groups in total. The summed E-state index contributed by atoms with van der Waals surface area (Å²) >= 11 is 0. The van der Waals surface area contributed by atoms with E-state index >= 15 is 0 Å². The molecule has 2 aromatic rings.